The quantitative estimate of drug-likeness (QED) is 0.810. The van der Waals surface area contributed by atoms with Crippen LogP contribution in [0.4, 0.5) is 4.79 Å². The molecule has 7 heteroatoms. The van der Waals surface area contributed by atoms with Crippen molar-refractivity contribution < 1.29 is 9.32 Å². The molecule has 0 bridgehead atoms. The van der Waals surface area contributed by atoms with Crippen LogP contribution in [0, 0.1) is 5.92 Å². The molecule has 1 aliphatic rings. The second-order valence-electron chi connectivity index (χ2n) is 7.20. The Bertz CT molecular complexity index is 710. The average molecular weight is 371 g/mol. The zero-order chi connectivity index (χ0) is 19.1. The maximum atomic E-state index is 12.3. The zero-order valence-corrected chi connectivity index (χ0v) is 16.2. The van der Waals surface area contributed by atoms with E-state index in [1.807, 2.05) is 18.2 Å². The topological polar surface area (TPSA) is 74.5 Å². The number of pyridine rings is 1. The van der Waals surface area contributed by atoms with E-state index in [2.05, 4.69) is 27.3 Å². The highest BCUT2D eigenvalue weighted by Crippen LogP contribution is 2.20. The summed E-state index contributed by atoms with van der Waals surface area (Å²) in [6.45, 7) is 6.50. The van der Waals surface area contributed by atoms with E-state index in [1.54, 1.807) is 24.3 Å². The minimum atomic E-state index is -0.0969. The van der Waals surface area contributed by atoms with Gasteiger partial charge in [0.25, 0.3) is 0 Å². The molecule has 3 heterocycles. The van der Waals surface area contributed by atoms with E-state index in [9.17, 15) is 4.79 Å². The lowest BCUT2D eigenvalue weighted by Crippen LogP contribution is -2.43. The number of nitrogens with one attached hydrogen (secondary N) is 1. The number of urea groups is 1. The fourth-order valence-corrected chi connectivity index (χ4v) is 3.43. The third-order valence-corrected chi connectivity index (χ3v) is 5.26. The average Bonchev–Trinajstić information content (AvgIpc) is 3.17. The van der Waals surface area contributed by atoms with Gasteiger partial charge < -0.3 is 19.6 Å². The van der Waals surface area contributed by atoms with Crippen LogP contribution in [0.3, 0.4) is 0 Å². The summed E-state index contributed by atoms with van der Waals surface area (Å²) >= 11 is 0. The Kier molecular flexibility index (Phi) is 6.81. The van der Waals surface area contributed by atoms with Gasteiger partial charge in [-0.15, -0.1) is 0 Å². The Balaban J connectivity index is 1.40. The number of carbonyl (C=O) groups excluding carboxylic acids is 1. The minimum Gasteiger partial charge on any atom is -0.359 e. The van der Waals surface area contributed by atoms with Crippen molar-refractivity contribution in [3.63, 3.8) is 0 Å². The molecular formula is C20H29N5O2. The number of piperidine rings is 1. The first-order chi connectivity index (χ1) is 13.2. The summed E-state index contributed by atoms with van der Waals surface area (Å²) in [7, 11) is 1.76. The van der Waals surface area contributed by atoms with Crippen LogP contribution in [-0.4, -0.2) is 59.2 Å². The van der Waals surface area contributed by atoms with E-state index < -0.39 is 0 Å². The predicted octanol–water partition coefficient (Wildman–Crippen LogP) is 3.00. The van der Waals surface area contributed by atoms with Gasteiger partial charge >= 0.3 is 6.03 Å². The highest BCUT2D eigenvalue weighted by molar-refractivity contribution is 5.73. The SMILES string of the molecule is CCC1CCN(CCNC(=O)N(C)Cc2cc(-c3ccncc3)no2)CC1. The van der Waals surface area contributed by atoms with Gasteiger partial charge in [-0.25, -0.2) is 4.79 Å². The Morgan fingerprint density at radius 1 is 1.33 bits per heavy atom. The number of nitrogens with zero attached hydrogens (tertiary/aromatic N) is 4. The van der Waals surface area contributed by atoms with Crippen molar-refractivity contribution in [1.82, 2.24) is 25.3 Å². The van der Waals surface area contributed by atoms with Crippen LogP contribution in [0.2, 0.25) is 0 Å². The van der Waals surface area contributed by atoms with Gasteiger partial charge in [0, 0.05) is 44.2 Å². The zero-order valence-electron chi connectivity index (χ0n) is 16.2. The van der Waals surface area contributed by atoms with Gasteiger partial charge in [-0.05, 0) is 44.0 Å². The Hall–Kier alpha value is -2.41. The second kappa shape index (κ2) is 9.50. The van der Waals surface area contributed by atoms with Crippen molar-refractivity contribution in [1.29, 1.82) is 0 Å². The molecule has 0 atom stereocenters. The van der Waals surface area contributed by atoms with Crippen LogP contribution in [0.1, 0.15) is 31.9 Å². The third kappa shape index (κ3) is 5.53. The summed E-state index contributed by atoms with van der Waals surface area (Å²) in [5.41, 5.74) is 1.69. The van der Waals surface area contributed by atoms with Gasteiger partial charge in [0.1, 0.15) is 5.69 Å². The lowest BCUT2D eigenvalue weighted by Gasteiger charge is -2.31. The van der Waals surface area contributed by atoms with Gasteiger partial charge in [0.15, 0.2) is 5.76 Å². The van der Waals surface area contributed by atoms with Gasteiger partial charge in [-0.3, -0.25) is 4.98 Å². The predicted molar refractivity (Wildman–Crippen MR) is 104 cm³/mol. The van der Waals surface area contributed by atoms with Crippen molar-refractivity contribution in [3.05, 3.63) is 36.4 Å². The molecule has 0 aromatic carbocycles. The molecule has 0 saturated carbocycles. The number of rotatable bonds is 7. The molecule has 0 aliphatic carbocycles. The van der Waals surface area contributed by atoms with E-state index in [0.717, 1.165) is 36.8 Å². The van der Waals surface area contributed by atoms with Crippen molar-refractivity contribution in [2.45, 2.75) is 32.7 Å². The standard InChI is InChI=1S/C20H29N5O2/c1-3-16-6-11-25(12-7-16)13-10-22-20(26)24(2)15-18-14-19(23-27-18)17-4-8-21-9-5-17/h4-5,8-9,14,16H,3,6-7,10-13,15H2,1-2H3,(H,22,26). The molecule has 1 fully saturated rings. The molecule has 2 aromatic heterocycles. The van der Waals surface area contributed by atoms with Crippen LogP contribution >= 0.6 is 0 Å². The number of carbonyl (C=O) groups is 1. The first kappa shape index (κ1) is 19.4. The van der Waals surface area contributed by atoms with E-state index in [-0.39, 0.29) is 6.03 Å². The molecule has 2 amide bonds. The Labute approximate surface area is 160 Å². The summed E-state index contributed by atoms with van der Waals surface area (Å²) in [6.07, 6.45) is 7.26. The summed E-state index contributed by atoms with van der Waals surface area (Å²) in [4.78, 5) is 20.3. The summed E-state index contributed by atoms with van der Waals surface area (Å²) in [5, 5.41) is 7.06. The van der Waals surface area contributed by atoms with Crippen LogP contribution < -0.4 is 5.32 Å². The normalized spacial score (nSPS) is 15.6. The lowest BCUT2D eigenvalue weighted by atomic mass is 9.94. The Morgan fingerprint density at radius 3 is 2.78 bits per heavy atom. The third-order valence-electron chi connectivity index (χ3n) is 5.26. The van der Waals surface area contributed by atoms with E-state index in [1.165, 1.54) is 19.3 Å². The second-order valence-corrected chi connectivity index (χ2v) is 7.20. The van der Waals surface area contributed by atoms with Crippen LogP contribution in [-0.2, 0) is 6.54 Å². The first-order valence-electron chi connectivity index (χ1n) is 9.73. The largest absolute Gasteiger partial charge is 0.359 e. The van der Waals surface area contributed by atoms with Gasteiger partial charge in [-0.2, -0.15) is 0 Å². The summed E-state index contributed by atoms with van der Waals surface area (Å²) < 4.78 is 5.36. The summed E-state index contributed by atoms with van der Waals surface area (Å²) in [6, 6.07) is 5.51. The highest BCUT2D eigenvalue weighted by Gasteiger charge is 2.18. The van der Waals surface area contributed by atoms with Gasteiger partial charge in [0.05, 0.1) is 6.54 Å². The van der Waals surface area contributed by atoms with E-state index >= 15 is 0 Å². The monoisotopic (exact) mass is 371 g/mol. The molecule has 3 rings (SSSR count). The molecule has 1 aliphatic heterocycles. The molecular weight excluding hydrogens is 342 g/mol. The van der Waals surface area contributed by atoms with Crippen molar-refractivity contribution in [2.24, 2.45) is 5.92 Å². The number of hydrogen-bond donors (Lipinski definition) is 1. The molecule has 146 valence electrons. The Morgan fingerprint density at radius 2 is 2.07 bits per heavy atom. The molecule has 2 aromatic rings. The van der Waals surface area contributed by atoms with Crippen LogP contribution in [0.15, 0.2) is 35.1 Å². The number of hydrogen-bond acceptors (Lipinski definition) is 5. The molecule has 1 N–H and O–H groups in total. The van der Waals surface area contributed by atoms with Crippen molar-refractivity contribution in [3.8, 4) is 11.3 Å². The molecule has 0 spiro atoms. The molecule has 27 heavy (non-hydrogen) atoms. The van der Waals surface area contributed by atoms with Gasteiger partial charge in [0.2, 0.25) is 0 Å². The maximum Gasteiger partial charge on any atom is 0.317 e. The molecule has 0 unspecified atom stereocenters. The van der Waals surface area contributed by atoms with Crippen LogP contribution in [0.25, 0.3) is 11.3 Å². The summed E-state index contributed by atoms with van der Waals surface area (Å²) in [5.74, 6) is 1.53. The molecule has 7 nitrogen and oxygen atoms in total. The van der Waals surface area contributed by atoms with Crippen molar-refractivity contribution in [2.75, 3.05) is 33.2 Å². The molecule has 1 saturated heterocycles. The fourth-order valence-electron chi connectivity index (χ4n) is 3.43. The van der Waals surface area contributed by atoms with E-state index in [4.69, 9.17) is 4.52 Å². The first-order valence-corrected chi connectivity index (χ1v) is 9.73. The van der Waals surface area contributed by atoms with E-state index in [0.29, 0.717) is 18.8 Å². The number of aromatic nitrogens is 2. The lowest BCUT2D eigenvalue weighted by molar-refractivity contribution is 0.176. The maximum absolute atomic E-state index is 12.3. The minimum absolute atomic E-state index is 0.0969. The number of amides is 2. The highest BCUT2D eigenvalue weighted by atomic mass is 16.5. The fraction of sp³-hybridized carbons (Fsp3) is 0.550. The number of likely N-dealkylation sites (tertiary alicyclic amines) is 1. The van der Waals surface area contributed by atoms with Gasteiger partial charge in [-0.1, -0.05) is 18.5 Å². The smallest absolute Gasteiger partial charge is 0.317 e. The van der Waals surface area contributed by atoms with Crippen molar-refractivity contribution >= 4 is 6.03 Å². The molecule has 0 radical (unpaired) electrons. The van der Waals surface area contributed by atoms with Crippen LogP contribution in [0.5, 0.6) is 0 Å².